The van der Waals surface area contributed by atoms with Gasteiger partial charge in [0.05, 0.1) is 6.42 Å². The molecule has 0 saturated heterocycles. The number of carbonyl (C=O) groups excluding carboxylic acids is 1. The molecule has 0 saturated carbocycles. The first-order valence-electron chi connectivity index (χ1n) is 3.75. The first-order valence-corrected chi connectivity index (χ1v) is 3.75. The minimum atomic E-state index is -0.911. The molecule has 0 aliphatic carbocycles. The van der Waals surface area contributed by atoms with E-state index in [1.54, 1.807) is 19.0 Å². The Hall–Kier alpha value is -0.450. The predicted molar refractivity (Wildman–Crippen MR) is 45.7 cm³/mol. The molecule has 0 aromatic heterocycles. The number of methoxy groups -OCH3 is 2. The maximum absolute atomic E-state index is 10.9. The van der Waals surface area contributed by atoms with Crippen molar-refractivity contribution in [2.24, 2.45) is 0 Å². The fraction of sp³-hybridized carbons (Fsp3) is 0.875. The normalized spacial score (nSPS) is 12.2. The molecule has 0 unspecified atom stereocenters. The summed E-state index contributed by atoms with van der Waals surface area (Å²) in [5, 5.41) is 0. The third-order valence-electron chi connectivity index (χ3n) is 1.79. The largest absolute Gasteiger partial charge is 0.340 e. The summed E-state index contributed by atoms with van der Waals surface area (Å²) < 4.78 is 10.3. The standard InChI is InChI=1S/C8H17NO3/c1-7(10)6-8(11-4,12-5)9(2)3/h6H2,1-5H3. The van der Waals surface area contributed by atoms with Crippen LogP contribution in [0.3, 0.4) is 0 Å². The summed E-state index contributed by atoms with van der Waals surface area (Å²) in [6.45, 7) is 1.51. The molecule has 0 fully saturated rings. The van der Waals surface area contributed by atoms with Crippen molar-refractivity contribution in [2.75, 3.05) is 28.3 Å². The SMILES string of the molecule is COC(CC(C)=O)(OC)N(C)C. The fourth-order valence-electron chi connectivity index (χ4n) is 1.07. The van der Waals surface area contributed by atoms with Gasteiger partial charge >= 0.3 is 0 Å². The molecular formula is C8H17NO3. The summed E-state index contributed by atoms with van der Waals surface area (Å²) >= 11 is 0. The molecule has 72 valence electrons. The molecule has 0 rings (SSSR count). The topological polar surface area (TPSA) is 38.8 Å². The van der Waals surface area contributed by atoms with Crippen LogP contribution in [-0.4, -0.2) is 44.9 Å². The second-order valence-electron chi connectivity index (χ2n) is 2.89. The molecule has 0 aromatic rings. The lowest BCUT2D eigenvalue weighted by Gasteiger charge is -2.35. The molecule has 0 spiro atoms. The minimum absolute atomic E-state index is 0.0346. The van der Waals surface area contributed by atoms with Gasteiger partial charge in [-0.15, -0.1) is 0 Å². The van der Waals surface area contributed by atoms with Crippen molar-refractivity contribution in [1.82, 2.24) is 4.90 Å². The van der Waals surface area contributed by atoms with E-state index in [0.29, 0.717) is 0 Å². The number of carbonyl (C=O) groups is 1. The molecule has 0 bridgehead atoms. The molecule has 0 N–H and O–H groups in total. The number of hydrogen-bond donors (Lipinski definition) is 0. The Morgan fingerprint density at radius 2 is 1.75 bits per heavy atom. The molecule has 0 radical (unpaired) electrons. The molecule has 0 amide bonds. The third-order valence-corrected chi connectivity index (χ3v) is 1.79. The fourth-order valence-corrected chi connectivity index (χ4v) is 1.07. The van der Waals surface area contributed by atoms with E-state index in [2.05, 4.69) is 0 Å². The average Bonchev–Trinajstić information content (AvgIpc) is 1.99. The van der Waals surface area contributed by atoms with Crippen molar-refractivity contribution < 1.29 is 14.3 Å². The Bertz CT molecular complexity index is 152. The Balaban J connectivity index is 4.46. The lowest BCUT2D eigenvalue weighted by atomic mass is 10.2. The first-order chi connectivity index (χ1) is 5.48. The van der Waals surface area contributed by atoms with Crippen LogP contribution < -0.4 is 0 Å². The Morgan fingerprint density at radius 3 is 1.83 bits per heavy atom. The number of hydrogen-bond acceptors (Lipinski definition) is 4. The molecule has 4 heteroatoms. The van der Waals surface area contributed by atoms with Crippen LogP contribution in [0.1, 0.15) is 13.3 Å². The zero-order valence-corrected chi connectivity index (χ0v) is 8.38. The quantitative estimate of drug-likeness (QED) is 0.569. The highest BCUT2D eigenvalue weighted by Gasteiger charge is 2.33. The van der Waals surface area contributed by atoms with Crippen LogP contribution in [0.25, 0.3) is 0 Å². The summed E-state index contributed by atoms with van der Waals surface area (Å²) in [5.41, 5.74) is 0. The van der Waals surface area contributed by atoms with Crippen molar-refractivity contribution >= 4 is 5.78 Å². The molecule has 0 heterocycles. The summed E-state index contributed by atoms with van der Waals surface area (Å²) in [6.07, 6.45) is 0.229. The molecule has 0 aromatic carbocycles. The predicted octanol–water partition coefficient (Wildman–Crippen LogP) is 0.474. The van der Waals surface area contributed by atoms with Gasteiger partial charge in [-0.25, -0.2) is 0 Å². The van der Waals surface area contributed by atoms with E-state index in [0.717, 1.165) is 0 Å². The summed E-state index contributed by atoms with van der Waals surface area (Å²) in [5.74, 6) is -0.876. The van der Waals surface area contributed by atoms with Gasteiger partial charge in [0.15, 0.2) is 0 Å². The minimum Gasteiger partial charge on any atom is -0.340 e. The van der Waals surface area contributed by atoms with Gasteiger partial charge in [-0.3, -0.25) is 9.69 Å². The molecule has 0 atom stereocenters. The molecule has 12 heavy (non-hydrogen) atoms. The second-order valence-corrected chi connectivity index (χ2v) is 2.89. The van der Waals surface area contributed by atoms with Crippen LogP contribution in [0.4, 0.5) is 0 Å². The van der Waals surface area contributed by atoms with E-state index in [9.17, 15) is 4.79 Å². The van der Waals surface area contributed by atoms with Crippen LogP contribution in [0.15, 0.2) is 0 Å². The van der Waals surface area contributed by atoms with Crippen LogP contribution in [0.2, 0.25) is 0 Å². The molecule has 4 nitrogen and oxygen atoms in total. The van der Waals surface area contributed by atoms with Crippen molar-refractivity contribution in [3.8, 4) is 0 Å². The number of rotatable bonds is 5. The average molecular weight is 175 g/mol. The summed E-state index contributed by atoms with van der Waals surface area (Å²) in [6, 6.07) is 0. The van der Waals surface area contributed by atoms with Gasteiger partial charge in [0.25, 0.3) is 0 Å². The van der Waals surface area contributed by atoms with Crippen molar-refractivity contribution in [2.45, 2.75) is 19.3 Å². The highest BCUT2D eigenvalue weighted by Crippen LogP contribution is 2.18. The van der Waals surface area contributed by atoms with Gasteiger partial charge in [0, 0.05) is 14.2 Å². The van der Waals surface area contributed by atoms with E-state index in [1.165, 1.54) is 21.1 Å². The van der Waals surface area contributed by atoms with Crippen molar-refractivity contribution in [1.29, 1.82) is 0 Å². The zero-order chi connectivity index (χ0) is 9.78. The summed E-state index contributed by atoms with van der Waals surface area (Å²) in [7, 11) is 6.64. The van der Waals surface area contributed by atoms with E-state index in [-0.39, 0.29) is 12.2 Å². The Kier molecular flexibility index (Phi) is 4.37. The van der Waals surface area contributed by atoms with Crippen LogP contribution >= 0.6 is 0 Å². The summed E-state index contributed by atoms with van der Waals surface area (Å²) in [4.78, 5) is 12.6. The van der Waals surface area contributed by atoms with E-state index >= 15 is 0 Å². The second kappa shape index (κ2) is 4.54. The number of nitrogens with zero attached hydrogens (tertiary/aromatic N) is 1. The molecule has 0 aliphatic rings. The van der Waals surface area contributed by atoms with Crippen molar-refractivity contribution in [3.63, 3.8) is 0 Å². The smallest absolute Gasteiger partial charge is 0.236 e. The highest BCUT2D eigenvalue weighted by atomic mass is 16.7. The van der Waals surface area contributed by atoms with Crippen molar-refractivity contribution in [3.05, 3.63) is 0 Å². The van der Waals surface area contributed by atoms with Gasteiger partial charge in [0.2, 0.25) is 5.91 Å². The molecular weight excluding hydrogens is 158 g/mol. The molecule has 0 aliphatic heterocycles. The zero-order valence-electron chi connectivity index (χ0n) is 8.38. The van der Waals surface area contributed by atoms with Crippen LogP contribution in [-0.2, 0) is 14.3 Å². The Labute approximate surface area is 73.4 Å². The maximum Gasteiger partial charge on any atom is 0.236 e. The lowest BCUT2D eigenvalue weighted by molar-refractivity contribution is -0.282. The monoisotopic (exact) mass is 175 g/mol. The van der Waals surface area contributed by atoms with Crippen LogP contribution in [0.5, 0.6) is 0 Å². The van der Waals surface area contributed by atoms with E-state index in [4.69, 9.17) is 9.47 Å². The van der Waals surface area contributed by atoms with Gasteiger partial charge < -0.3 is 9.47 Å². The lowest BCUT2D eigenvalue weighted by Crippen LogP contribution is -2.49. The van der Waals surface area contributed by atoms with Gasteiger partial charge in [-0.2, -0.15) is 0 Å². The maximum atomic E-state index is 10.9. The van der Waals surface area contributed by atoms with Gasteiger partial charge in [0.1, 0.15) is 5.78 Å². The third kappa shape index (κ3) is 2.55. The van der Waals surface area contributed by atoms with Crippen LogP contribution in [0, 0.1) is 0 Å². The number of Topliss-reactive ketones (excluding diaryl/α,β-unsaturated/α-hetero) is 1. The Morgan fingerprint density at radius 1 is 1.33 bits per heavy atom. The van der Waals surface area contributed by atoms with E-state index < -0.39 is 5.91 Å². The van der Waals surface area contributed by atoms with E-state index in [1.807, 2.05) is 0 Å². The first kappa shape index (κ1) is 11.6. The number of ether oxygens (including phenoxy) is 2. The van der Waals surface area contributed by atoms with Gasteiger partial charge in [-0.1, -0.05) is 0 Å². The highest BCUT2D eigenvalue weighted by molar-refractivity contribution is 5.76. The number of ketones is 1. The van der Waals surface area contributed by atoms with Gasteiger partial charge in [-0.05, 0) is 21.0 Å².